The number of carbonyl (C=O) groups excluding carboxylic acids is 1. The van der Waals surface area contributed by atoms with Crippen LogP contribution in [0, 0.1) is 0 Å². The second-order valence-electron chi connectivity index (χ2n) is 7.66. The molecule has 0 spiro atoms. The van der Waals surface area contributed by atoms with E-state index in [0.717, 1.165) is 40.3 Å². The summed E-state index contributed by atoms with van der Waals surface area (Å²) in [7, 11) is 0. The standard InChI is InChI=1S/C24H20Cl2N4OS/c25-16-6-4-15(5-7-16)20-9-8-19-21(27)22(32-23(19)28-20)24(31)30-12-10-29(11-13-30)18-3-1-2-17(26)14-18/h1-9,14H,10-13,27H2. The summed E-state index contributed by atoms with van der Waals surface area (Å²) >= 11 is 13.5. The third-order valence-electron chi connectivity index (χ3n) is 5.67. The van der Waals surface area contributed by atoms with Gasteiger partial charge in [-0.2, -0.15) is 0 Å². The topological polar surface area (TPSA) is 62.5 Å². The van der Waals surface area contributed by atoms with Gasteiger partial charge < -0.3 is 15.5 Å². The molecule has 5 rings (SSSR count). The van der Waals surface area contributed by atoms with E-state index in [4.69, 9.17) is 33.9 Å². The predicted octanol–water partition coefficient (Wildman–Crippen LogP) is 5.81. The van der Waals surface area contributed by atoms with Crippen molar-refractivity contribution in [1.29, 1.82) is 0 Å². The number of hydrogen-bond donors (Lipinski definition) is 1. The molecule has 2 N–H and O–H groups in total. The second-order valence-corrected chi connectivity index (χ2v) is 9.53. The highest BCUT2D eigenvalue weighted by Gasteiger charge is 2.26. The van der Waals surface area contributed by atoms with Crippen LogP contribution in [0.4, 0.5) is 11.4 Å². The van der Waals surface area contributed by atoms with E-state index in [2.05, 4.69) is 4.90 Å². The lowest BCUT2D eigenvalue weighted by atomic mass is 10.1. The molecule has 0 unspecified atom stereocenters. The lowest BCUT2D eigenvalue weighted by Crippen LogP contribution is -2.48. The Labute approximate surface area is 200 Å². The number of rotatable bonds is 3. The first-order chi connectivity index (χ1) is 15.5. The number of nitrogen functional groups attached to an aromatic ring is 1. The fourth-order valence-corrected chi connectivity index (χ4v) is 5.29. The highest BCUT2D eigenvalue weighted by molar-refractivity contribution is 7.21. The third-order valence-corrected chi connectivity index (χ3v) is 7.26. The molecule has 1 fully saturated rings. The van der Waals surface area contributed by atoms with Crippen LogP contribution in [0.5, 0.6) is 0 Å². The van der Waals surface area contributed by atoms with Crippen molar-refractivity contribution in [3.8, 4) is 11.3 Å². The zero-order chi connectivity index (χ0) is 22.2. The number of halogens is 2. The largest absolute Gasteiger partial charge is 0.397 e. The fourth-order valence-electron chi connectivity index (χ4n) is 3.92. The van der Waals surface area contributed by atoms with Crippen molar-refractivity contribution in [2.75, 3.05) is 36.8 Å². The Bertz CT molecular complexity index is 1300. The molecule has 0 bridgehead atoms. The van der Waals surface area contributed by atoms with Gasteiger partial charge in [-0.05, 0) is 42.5 Å². The molecule has 3 heterocycles. The van der Waals surface area contributed by atoms with Crippen LogP contribution in [0.2, 0.25) is 10.0 Å². The van der Waals surface area contributed by atoms with Crippen LogP contribution in [-0.4, -0.2) is 42.0 Å². The van der Waals surface area contributed by atoms with Crippen LogP contribution < -0.4 is 10.6 Å². The quantitative estimate of drug-likeness (QED) is 0.399. The summed E-state index contributed by atoms with van der Waals surface area (Å²) < 4.78 is 0. The number of aromatic nitrogens is 1. The number of pyridine rings is 1. The Hall–Kier alpha value is -2.80. The number of carbonyl (C=O) groups is 1. The van der Waals surface area contributed by atoms with E-state index in [0.29, 0.717) is 33.7 Å². The number of thiophene rings is 1. The van der Waals surface area contributed by atoms with Gasteiger partial charge in [0.1, 0.15) is 9.71 Å². The predicted molar refractivity (Wildman–Crippen MR) is 134 cm³/mol. The molecular formula is C24H20Cl2N4OS. The molecule has 1 amide bonds. The van der Waals surface area contributed by atoms with Crippen LogP contribution in [0.25, 0.3) is 21.5 Å². The average molecular weight is 483 g/mol. The van der Waals surface area contributed by atoms with Crippen molar-refractivity contribution in [1.82, 2.24) is 9.88 Å². The van der Waals surface area contributed by atoms with Crippen molar-refractivity contribution in [3.05, 3.63) is 75.6 Å². The molecule has 1 saturated heterocycles. The first-order valence-corrected chi connectivity index (χ1v) is 11.8. The molecular weight excluding hydrogens is 463 g/mol. The molecule has 2 aromatic carbocycles. The third kappa shape index (κ3) is 4.01. The summed E-state index contributed by atoms with van der Waals surface area (Å²) in [5.74, 6) is -0.0377. The molecule has 0 aliphatic carbocycles. The van der Waals surface area contributed by atoms with Gasteiger partial charge >= 0.3 is 0 Å². The molecule has 1 aliphatic rings. The molecule has 32 heavy (non-hydrogen) atoms. The number of benzene rings is 2. The fraction of sp³-hybridized carbons (Fsp3) is 0.167. The van der Waals surface area contributed by atoms with Gasteiger partial charge in [-0.25, -0.2) is 4.98 Å². The van der Waals surface area contributed by atoms with Gasteiger partial charge in [-0.15, -0.1) is 11.3 Å². The van der Waals surface area contributed by atoms with Gasteiger partial charge in [0.15, 0.2) is 0 Å². The lowest BCUT2D eigenvalue weighted by molar-refractivity contribution is 0.0752. The van der Waals surface area contributed by atoms with Crippen LogP contribution >= 0.6 is 34.5 Å². The summed E-state index contributed by atoms with van der Waals surface area (Å²) in [6, 6.07) is 19.2. The maximum absolute atomic E-state index is 13.3. The SMILES string of the molecule is Nc1c(C(=O)N2CCN(c3cccc(Cl)c3)CC2)sc2nc(-c3ccc(Cl)cc3)ccc12. The number of anilines is 2. The first-order valence-electron chi connectivity index (χ1n) is 10.2. The number of piperazine rings is 1. The molecule has 1 aliphatic heterocycles. The van der Waals surface area contributed by atoms with Crippen molar-refractivity contribution in [2.24, 2.45) is 0 Å². The smallest absolute Gasteiger partial charge is 0.266 e. The molecule has 2 aromatic heterocycles. The maximum atomic E-state index is 13.3. The van der Waals surface area contributed by atoms with Crippen molar-refractivity contribution in [3.63, 3.8) is 0 Å². The molecule has 0 radical (unpaired) electrons. The summed E-state index contributed by atoms with van der Waals surface area (Å²) in [5, 5.41) is 2.21. The van der Waals surface area contributed by atoms with Crippen LogP contribution in [0.15, 0.2) is 60.7 Å². The van der Waals surface area contributed by atoms with Crippen LogP contribution in [0.3, 0.4) is 0 Å². The second kappa shape index (κ2) is 8.62. The van der Waals surface area contributed by atoms with Gasteiger partial charge in [0.2, 0.25) is 0 Å². The van der Waals surface area contributed by atoms with E-state index in [1.165, 1.54) is 11.3 Å². The summed E-state index contributed by atoms with van der Waals surface area (Å²) in [6.07, 6.45) is 0. The van der Waals surface area contributed by atoms with E-state index >= 15 is 0 Å². The van der Waals surface area contributed by atoms with Crippen LogP contribution in [0.1, 0.15) is 9.67 Å². The van der Waals surface area contributed by atoms with Crippen molar-refractivity contribution in [2.45, 2.75) is 0 Å². The van der Waals surface area contributed by atoms with E-state index in [-0.39, 0.29) is 5.91 Å². The van der Waals surface area contributed by atoms with Crippen LogP contribution in [-0.2, 0) is 0 Å². The zero-order valence-corrected chi connectivity index (χ0v) is 19.4. The average Bonchev–Trinajstić information content (AvgIpc) is 3.15. The monoisotopic (exact) mass is 482 g/mol. The van der Waals surface area contributed by atoms with E-state index in [1.54, 1.807) is 0 Å². The Morgan fingerprint density at radius 1 is 0.938 bits per heavy atom. The van der Waals surface area contributed by atoms with E-state index in [9.17, 15) is 4.79 Å². The minimum Gasteiger partial charge on any atom is -0.397 e. The lowest BCUT2D eigenvalue weighted by Gasteiger charge is -2.36. The molecule has 4 aromatic rings. The molecule has 8 heteroatoms. The number of nitrogens with two attached hydrogens (primary N) is 1. The first kappa shape index (κ1) is 21.1. The Balaban J connectivity index is 1.35. The minimum absolute atomic E-state index is 0.0377. The maximum Gasteiger partial charge on any atom is 0.266 e. The summed E-state index contributed by atoms with van der Waals surface area (Å²) in [6.45, 7) is 2.75. The van der Waals surface area contributed by atoms with Gasteiger partial charge in [-0.1, -0.05) is 41.4 Å². The van der Waals surface area contributed by atoms with Gasteiger partial charge in [0.05, 0.1) is 11.4 Å². The Kier molecular flexibility index (Phi) is 5.67. The highest BCUT2D eigenvalue weighted by Crippen LogP contribution is 2.35. The van der Waals surface area contributed by atoms with Crippen molar-refractivity contribution >= 4 is 62.0 Å². The van der Waals surface area contributed by atoms with E-state index in [1.807, 2.05) is 65.6 Å². The number of hydrogen-bond acceptors (Lipinski definition) is 5. The minimum atomic E-state index is -0.0377. The summed E-state index contributed by atoms with van der Waals surface area (Å²) in [5.41, 5.74) is 9.74. The number of fused-ring (bicyclic) bond motifs is 1. The van der Waals surface area contributed by atoms with Gasteiger partial charge in [0.25, 0.3) is 5.91 Å². The van der Waals surface area contributed by atoms with Gasteiger partial charge in [-0.3, -0.25) is 4.79 Å². The molecule has 0 saturated carbocycles. The number of amides is 1. The number of nitrogens with zero attached hydrogens (tertiary/aromatic N) is 3. The van der Waals surface area contributed by atoms with Gasteiger partial charge in [0, 0.05) is 52.9 Å². The van der Waals surface area contributed by atoms with E-state index < -0.39 is 0 Å². The Morgan fingerprint density at radius 2 is 1.69 bits per heavy atom. The molecule has 162 valence electrons. The molecule has 0 atom stereocenters. The Morgan fingerprint density at radius 3 is 2.41 bits per heavy atom. The normalized spacial score (nSPS) is 14.2. The van der Waals surface area contributed by atoms with Crippen molar-refractivity contribution < 1.29 is 4.79 Å². The molecule has 5 nitrogen and oxygen atoms in total. The zero-order valence-electron chi connectivity index (χ0n) is 17.1. The summed E-state index contributed by atoms with van der Waals surface area (Å²) in [4.78, 5) is 23.4. The highest BCUT2D eigenvalue weighted by atomic mass is 35.5.